The summed E-state index contributed by atoms with van der Waals surface area (Å²) in [4.78, 5) is 24.9. The fraction of sp³-hybridized carbons (Fsp3) is 0.381. The quantitative estimate of drug-likeness (QED) is 0.523. The second kappa shape index (κ2) is 7.46. The Morgan fingerprint density at radius 3 is 2.62 bits per heavy atom. The van der Waals surface area contributed by atoms with Crippen molar-refractivity contribution < 1.29 is 10.0 Å². The van der Waals surface area contributed by atoms with Gasteiger partial charge in [0, 0.05) is 35.5 Å². The third-order valence-corrected chi connectivity index (χ3v) is 5.99. The van der Waals surface area contributed by atoms with Crippen LogP contribution in [0.2, 0.25) is 0 Å². The first-order valence-electron chi connectivity index (χ1n) is 10.1. The van der Waals surface area contributed by atoms with Crippen molar-refractivity contribution in [1.82, 2.24) is 24.9 Å². The van der Waals surface area contributed by atoms with Crippen molar-refractivity contribution >= 4 is 22.8 Å². The molecule has 29 heavy (non-hydrogen) atoms. The van der Waals surface area contributed by atoms with Gasteiger partial charge in [-0.3, -0.25) is 14.9 Å². The highest BCUT2D eigenvalue weighted by molar-refractivity contribution is 5.92. The van der Waals surface area contributed by atoms with Gasteiger partial charge in [0.2, 0.25) is 5.95 Å². The predicted octanol–water partition coefficient (Wildman–Crippen LogP) is 2.17. The van der Waals surface area contributed by atoms with E-state index in [1.165, 1.54) is 47.4 Å². The largest absolute Gasteiger partial charge is 0.335 e. The van der Waals surface area contributed by atoms with Crippen molar-refractivity contribution in [1.29, 1.82) is 0 Å². The highest BCUT2D eigenvalue weighted by Crippen LogP contribution is 2.32. The van der Waals surface area contributed by atoms with Crippen LogP contribution in [-0.2, 0) is 19.6 Å². The number of para-hydroxylation sites is 1. The van der Waals surface area contributed by atoms with Crippen molar-refractivity contribution in [2.45, 2.75) is 32.5 Å². The number of aromatic nitrogens is 3. The van der Waals surface area contributed by atoms with Gasteiger partial charge >= 0.3 is 0 Å². The summed E-state index contributed by atoms with van der Waals surface area (Å²) < 4.78 is 2.45. The fourth-order valence-corrected chi connectivity index (χ4v) is 4.52. The monoisotopic (exact) mass is 392 g/mol. The lowest BCUT2D eigenvalue weighted by molar-refractivity contribution is 0.0705. The highest BCUT2D eigenvalue weighted by atomic mass is 16.5. The first-order valence-corrected chi connectivity index (χ1v) is 10.1. The third-order valence-electron chi connectivity index (χ3n) is 5.99. The van der Waals surface area contributed by atoms with Crippen LogP contribution in [0, 0.1) is 0 Å². The van der Waals surface area contributed by atoms with Crippen LogP contribution in [0.5, 0.6) is 0 Å². The second-order valence-corrected chi connectivity index (χ2v) is 7.72. The van der Waals surface area contributed by atoms with E-state index in [1.807, 2.05) is 0 Å². The van der Waals surface area contributed by atoms with E-state index in [1.54, 1.807) is 5.48 Å². The number of benzene rings is 1. The van der Waals surface area contributed by atoms with Crippen molar-refractivity contribution in [3.8, 4) is 0 Å². The van der Waals surface area contributed by atoms with Gasteiger partial charge in [-0.1, -0.05) is 18.2 Å². The van der Waals surface area contributed by atoms with Crippen molar-refractivity contribution in [2.24, 2.45) is 0 Å². The Morgan fingerprint density at radius 1 is 1.10 bits per heavy atom. The van der Waals surface area contributed by atoms with Gasteiger partial charge in [-0.15, -0.1) is 0 Å². The molecule has 2 aliphatic heterocycles. The van der Waals surface area contributed by atoms with Gasteiger partial charge in [-0.05, 0) is 44.0 Å². The number of likely N-dealkylation sites (tertiary alicyclic amines) is 1. The maximum Gasteiger partial charge on any atom is 0.277 e. The molecule has 0 saturated carbocycles. The Kier molecular flexibility index (Phi) is 4.65. The third kappa shape index (κ3) is 3.24. The molecule has 0 bridgehead atoms. The van der Waals surface area contributed by atoms with Crippen molar-refractivity contribution in [3.05, 3.63) is 53.5 Å². The lowest BCUT2D eigenvalue weighted by atomic mass is 10.0. The zero-order valence-electron chi connectivity index (χ0n) is 16.2. The van der Waals surface area contributed by atoms with Gasteiger partial charge in [0.25, 0.3) is 5.91 Å². The molecule has 1 aromatic carbocycles. The number of carbonyl (C=O) groups excluding carboxylic acids is 1. The van der Waals surface area contributed by atoms with Crippen LogP contribution in [-0.4, -0.2) is 50.2 Å². The Labute approximate surface area is 168 Å². The maximum atomic E-state index is 11.5. The molecule has 3 aromatic rings. The van der Waals surface area contributed by atoms with Gasteiger partial charge in [0.1, 0.15) is 0 Å². The second-order valence-electron chi connectivity index (χ2n) is 7.72. The lowest BCUT2D eigenvalue weighted by Crippen LogP contribution is -2.34. The van der Waals surface area contributed by atoms with Crippen molar-refractivity contribution in [3.63, 3.8) is 0 Å². The van der Waals surface area contributed by atoms with Crippen LogP contribution in [0.25, 0.3) is 10.9 Å². The molecule has 8 nitrogen and oxygen atoms in total. The smallest absolute Gasteiger partial charge is 0.277 e. The molecule has 0 spiro atoms. The molecule has 4 heterocycles. The van der Waals surface area contributed by atoms with Crippen LogP contribution in [0.3, 0.4) is 0 Å². The summed E-state index contributed by atoms with van der Waals surface area (Å²) in [5.74, 6) is -0.00802. The first kappa shape index (κ1) is 18.1. The number of hydrogen-bond donors (Lipinski definition) is 2. The molecule has 2 aromatic heterocycles. The van der Waals surface area contributed by atoms with E-state index in [-0.39, 0.29) is 5.56 Å². The predicted molar refractivity (Wildman–Crippen MR) is 109 cm³/mol. The summed E-state index contributed by atoms with van der Waals surface area (Å²) in [5, 5.41) is 10.1. The molecule has 1 fully saturated rings. The van der Waals surface area contributed by atoms with E-state index < -0.39 is 5.91 Å². The molecule has 8 heteroatoms. The number of fused-ring (bicyclic) bond motifs is 3. The van der Waals surface area contributed by atoms with E-state index in [9.17, 15) is 4.79 Å². The number of hydroxylamine groups is 1. The zero-order valence-corrected chi connectivity index (χ0v) is 16.2. The van der Waals surface area contributed by atoms with Gasteiger partial charge in [-0.25, -0.2) is 15.4 Å². The summed E-state index contributed by atoms with van der Waals surface area (Å²) in [5.41, 5.74) is 5.88. The van der Waals surface area contributed by atoms with Gasteiger partial charge in [0.05, 0.1) is 18.8 Å². The number of amides is 1. The Hall–Kier alpha value is -2.97. The lowest BCUT2D eigenvalue weighted by Gasteiger charge is -2.29. The normalized spacial score (nSPS) is 16.9. The molecule has 0 unspecified atom stereocenters. The summed E-state index contributed by atoms with van der Waals surface area (Å²) in [6.45, 7) is 4.80. The zero-order chi connectivity index (χ0) is 19.8. The number of anilines is 1. The molecular formula is C21H24N6O2. The topological polar surface area (TPSA) is 86.5 Å². The van der Waals surface area contributed by atoms with Crippen LogP contribution >= 0.6 is 0 Å². The molecule has 0 aliphatic carbocycles. The molecule has 2 N–H and O–H groups in total. The minimum atomic E-state index is -0.608. The van der Waals surface area contributed by atoms with Crippen molar-refractivity contribution in [2.75, 3.05) is 24.5 Å². The van der Waals surface area contributed by atoms with Gasteiger partial charge in [0.15, 0.2) is 0 Å². The molecule has 1 amide bonds. The molecule has 1 saturated heterocycles. The summed E-state index contributed by atoms with van der Waals surface area (Å²) in [7, 11) is 0. The number of hydrogen-bond acceptors (Lipinski definition) is 6. The average molecular weight is 392 g/mol. The minimum absolute atomic E-state index is 0.233. The minimum Gasteiger partial charge on any atom is -0.335 e. The molecule has 5 rings (SSSR count). The molecule has 0 radical (unpaired) electrons. The van der Waals surface area contributed by atoms with Crippen LogP contribution in [0.1, 0.15) is 34.5 Å². The van der Waals surface area contributed by atoms with E-state index in [4.69, 9.17) is 5.21 Å². The SMILES string of the molecule is O=C(NO)c1cnc(N2CCc3c(n(CN4CCCC4)c4ccccc34)C2)nc1. The van der Waals surface area contributed by atoms with Gasteiger partial charge < -0.3 is 9.47 Å². The number of nitrogens with one attached hydrogen (secondary N) is 1. The Bertz CT molecular complexity index is 1040. The molecular weight excluding hydrogens is 368 g/mol. The number of carbonyl (C=O) groups is 1. The van der Waals surface area contributed by atoms with E-state index in [0.29, 0.717) is 5.95 Å². The molecule has 150 valence electrons. The van der Waals surface area contributed by atoms with Crippen LogP contribution < -0.4 is 10.4 Å². The summed E-state index contributed by atoms with van der Waals surface area (Å²) >= 11 is 0. The highest BCUT2D eigenvalue weighted by Gasteiger charge is 2.26. The van der Waals surface area contributed by atoms with E-state index in [0.717, 1.165) is 39.3 Å². The summed E-state index contributed by atoms with van der Waals surface area (Å²) in [6.07, 6.45) is 6.38. The van der Waals surface area contributed by atoms with Crippen LogP contribution in [0.4, 0.5) is 5.95 Å². The maximum absolute atomic E-state index is 11.5. The summed E-state index contributed by atoms with van der Waals surface area (Å²) in [6, 6.07) is 8.67. The standard InChI is InChI=1S/C21H24N6O2/c28-20(24-29)15-11-22-21(23-12-15)26-10-7-17-16-5-1-2-6-18(16)27(19(17)13-26)14-25-8-3-4-9-25/h1-2,5-6,11-12,29H,3-4,7-10,13-14H2,(H,24,28). The van der Waals surface area contributed by atoms with E-state index in [2.05, 4.69) is 48.6 Å². The first-order chi connectivity index (χ1) is 14.2. The molecule has 0 atom stereocenters. The fourth-order valence-electron chi connectivity index (χ4n) is 4.52. The average Bonchev–Trinajstić information content (AvgIpc) is 3.40. The Morgan fingerprint density at radius 2 is 1.86 bits per heavy atom. The van der Waals surface area contributed by atoms with Crippen LogP contribution in [0.15, 0.2) is 36.7 Å². The molecule has 2 aliphatic rings. The number of rotatable bonds is 4. The van der Waals surface area contributed by atoms with E-state index >= 15 is 0 Å². The number of nitrogens with zero attached hydrogens (tertiary/aromatic N) is 5. The Balaban J connectivity index is 1.48. The van der Waals surface area contributed by atoms with Gasteiger partial charge in [-0.2, -0.15) is 0 Å².